The summed E-state index contributed by atoms with van der Waals surface area (Å²) in [5.74, 6) is 0. The van der Waals surface area contributed by atoms with E-state index in [-0.39, 0.29) is 6.04 Å². The number of aryl methyl sites for hydroxylation is 2. The van der Waals surface area contributed by atoms with E-state index in [9.17, 15) is 0 Å². The van der Waals surface area contributed by atoms with Crippen LogP contribution in [0.5, 0.6) is 0 Å². The van der Waals surface area contributed by atoms with Crippen molar-refractivity contribution in [3.63, 3.8) is 0 Å². The maximum absolute atomic E-state index is 5.36. The lowest BCUT2D eigenvalue weighted by molar-refractivity contribution is 0.491. The molecule has 2 aromatic rings. The van der Waals surface area contributed by atoms with E-state index in [0.29, 0.717) is 0 Å². The maximum Gasteiger partial charge on any atom is 0.173 e. The van der Waals surface area contributed by atoms with Crippen LogP contribution in [0.4, 0.5) is 0 Å². The number of nitrogens with zero attached hydrogens (tertiary/aromatic N) is 2. The summed E-state index contributed by atoms with van der Waals surface area (Å²) in [5.41, 5.74) is 3.38. The number of furan rings is 1. The molecule has 2 aromatic heterocycles. The molecule has 0 spiro atoms. The van der Waals surface area contributed by atoms with Gasteiger partial charge in [0.15, 0.2) is 4.67 Å². The van der Waals surface area contributed by atoms with Crippen LogP contribution in [0.1, 0.15) is 36.8 Å². The Bertz CT molecular complexity index is 577. The quantitative estimate of drug-likeness (QED) is 0.783. The highest BCUT2D eigenvalue weighted by Crippen LogP contribution is 2.30. The second-order valence-corrected chi connectivity index (χ2v) is 6.14. The fourth-order valence-electron chi connectivity index (χ4n) is 2.35. The summed E-state index contributed by atoms with van der Waals surface area (Å²) < 4.78 is 9.31. The Morgan fingerprint density at radius 3 is 2.70 bits per heavy atom. The van der Waals surface area contributed by atoms with Crippen LogP contribution in [0.3, 0.4) is 0 Å². The van der Waals surface area contributed by atoms with Crippen LogP contribution < -0.4 is 5.32 Å². The minimum atomic E-state index is 0.200. The molecule has 1 N–H and O–H groups in total. The van der Waals surface area contributed by atoms with Crippen molar-refractivity contribution in [1.82, 2.24) is 15.1 Å². The number of hydrogen-bond acceptors (Lipinski definition) is 3. The average Bonchev–Trinajstić information content (AvgIpc) is 2.96. The summed E-state index contributed by atoms with van der Waals surface area (Å²) in [5, 5.41) is 8.06. The molecule has 110 valence electrons. The first kappa shape index (κ1) is 15.8. The second kappa shape index (κ2) is 6.91. The Morgan fingerprint density at radius 2 is 2.15 bits per heavy atom. The van der Waals surface area contributed by atoms with Crippen LogP contribution in [0.25, 0.3) is 0 Å². The zero-order valence-corrected chi connectivity index (χ0v) is 15.1. The molecule has 0 radical (unpaired) electrons. The van der Waals surface area contributed by atoms with E-state index in [1.165, 1.54) is 5.69 Å². The molecule has 0 fully saturated rings. The van der Waals surface area contributed by atoms with Crippen LogP contribution in [0.2, 0.25) is 0 Å². The molecule has 1 atom stereocenters. The molecule has 2 heterocycles. The third-order valence-electron chi connectivity index (χ3n) is 3.32. The first-order valence-electron chi connectivity index (χ1n) is 6.76. The molecule has 0 saturated carbocycles. The molecule has 6 heteroatoms. The Labute approximate surface area is 136 Å². The summed E-state index contributed by atoms with van der Waals surface area (Å²) in [7, 11) is 0. The molecule has 2 rings (SSSR count). The summed E-state index contributed by atoms with van der Waals surface area (Å²) in [4.78, 5) is 0. The molecular formula is C14H19Br2N3O. The zero-order valence-electron chi connectivity index (χ0n) is 11.9. The molecule has 0 amide bonds. The fraction of sp³-hybridized carbons (Fsp3) is 0.500. The van der Waals surface area contributed by atoms with Crippen molar-refractivity contribution in [2.45, 2.75) is 39.8 Å². The van der Waals surface area contributed by atoms with Crippen LogP contribution in [-0.2, 0) is 13.0 Å². The summed E-state index contributed by atoms with van der Waals surface area (Å²) in [6.07, 6.45) is 2.57. The fourth-order valence-corrected chi connectivity index (χ4v) is 3.31. The standard InChI is InChI=1S/C14H19Br2N3O/c1-4-17-11(10-6-7-20-14(10)16)8-12-13(15)9(3)18-19(12)5-2/h6-7,11,17H,4-5,8H2,1-3H3. The molecule has 0 saturated heterocycles. The molecule has 0 aliphatic carbocycles. The summed E-state index contributed by atoms with van der Waals surface area (Å²) >= 11 is 7.13. The van der Waals surface area contributed by atoms with Gasteiger partial charge in [0.05, 0.1) is 22.1 Å². The van der Waals surface area contributed by atoms with E-state index < -0.39 is 0 Å². The monoisotopic (exact) mass is 403 g/mol. The lowest BCUT2D eigenvalue weighted by atomic mass is 10.0. The van der Waals surface area contributed by atoms with Gasteiger partial charge >= 0.3 is 0 Å². The van der Waals surface area contributed by atoms with Crippen molar-refractivity contribution in [1.29, 1.82) is 0 Å². The Balaban J connectivity index is 2.31. The number of aromatic nitrogens is 2. The van der Waals surface area contributed by atoms with Crippen molar-refractivity contribution in [2.24, 2.45) is 0 Å². The highest BCUT2D eigenvalue weighted by atomic mass is 79.9. The minimum absolute atomic E-state index is 0.200. The number of likely N-dealkylation sites (N-methyl/N-ethyl adjacent to an activating group) is 1. The van der Waals surface area contributed by atoms with Gasteiger partial charge in [-0.3, -0.25) is 4.68 Å². The normalized spacial score (nSPS) is 12.8. The topological polar surface area (TPSA) is 43.0 Å². The molecule has 0 aromatic carbocycles. The maximum atomic E-state index is 5.36. The van der Waals surface area contributed by atoms with Gasteiger partial charge in [-0.2, -0.15) is 5.10 Å². The van der Waals surface area contributed by atoms with Gasteiger partial charge in [-0.1, -0.05) is 6.92 Å². The van der Waals surface area contributed by atoms with E-state index in [0.717, 1.165) is 39.9 Å². The Kier molecular flexibility index (Phi) is 5.46. The van der Waals surface area contributed by atoms with Gasteiger partial charge < -0.3 is 9.73 Å². The third-order valence-corrected chi connectivity index (χ3v) is 5.00. The van der Waals surface area contributed by atoms with Crippen molar-refractivity contribution in [3.05, 3.63) is 38.4 Å². The number of rotatable bonds is 6. The molecular weight excluding hydrogens is 386 g/mol. The van der Waals surface area contributed by atoms with Crippen LogP contribution in [0.15, 0.2) is 25.9 Å². The van der Waals surface area contributed by atoms with Gasteiger partial charge in [0.2, 0.25) is 0 Å². The SMILES string of the molecule is CCNC(Cc1c(Br)c(C)nn1CC)c1ccoc1Br. The van der Waals surface area contributed by atoms with Gasteiger partial charge in [-0.05, 0) is 58.3 Å². The number of hydrogen-bond donors (Lipinski definition) is 1. The molecule has 0 aliphatic rings. The lowest BCUT2D eigenvalue weighted by Crippen LogP contribution is -2.24. The lowest BCUT2D eigenvalue weighted by Gasteiger charge is -2.18. The number of nitrogens with one attached hydrogen (secondary N) is 1. The van der Waals surface area contributed by atoms with Crippen molar-refractivity contribution >= 4 is 31.9 Å². The number of halogens is 2. The predicted molar refractivity (Wildman–Crippen MR) is 86.9 cm³/mol. The molecule has 0 bridgehead atoms. The van der Waals surface area contributed by atoms with Crippen molar-refractivity contribution < 1.29 is 4.42 Å². The molecule has 4 nitrogen and oxygen atoms in total. The smallest absolute Gasteiger partial charge is 0.173 e. The van der Waals surface area contributed by atoms with Gasteiger partial charge in [0, 0.05) is 24.6 Å². The highest BCUT2D eigenvalue weighted by molar-refractivity contribution is 9.10. The third kappa shape index (κ3) is 3.18. The van der Waals surface area contributed by atoms with Crippen molar-refractivity contribution in [2.75, 3.05) is 6.54 Å². The van der Waals surface area contributed by atoms with Crippen molar-refractivity contribution in [3.8, 4) is 0 Å². The first-order chi connectivity index (χ1) is 9.58. The molecule has 0 aliphatic heterocycles. The zero-order chi connectivity index (χ0) is 14.7. The van der Waals surface area contributed by atoms with E-state index in [1.54, 1.807) is 6.26 Å². The van der Waals surface area contributed by atoms with E-state index in [4.69, 9.17) is 4.42 Å². The first-order valence-corrected chi connectivity index (χ1v) is 8.35. The van der Waals surface area contributed by atoms with Gasteiger partial charge in [-0.25, -0.2) is 0 Å². The van der Waals surface area contributed by atoms with E-state index >= 15 is 0 Å². The summed E-state index contributed by atoms with van der Waals surface area (Å²) in [6, 6.07) is 2.20. The van der Waals surface area contributed by atoms with E-state index in [1.807, 2.05) is 13.0 Å². The Hall–Kier alpha value is -0.590. The molecule has 20 heavy (non-hydrogen) atoms. The van der Waals surface area contributed by atoms with Crippen LogP contribution in [-0.4, -0.2) is 16.3 Å². The largest absolute Gasteiger partial charge is 0.457 e. The summed E-state index contributed by atoms with van der Waals surface area (Å²) in [6.45, 7) is 8.01. The van der Waals surface area contributed by atoms with Gasteiger partial charge in [-0.15, -0.1) is 0 Å². The second-order valence-electron chi connectivity index (χ2n) is 4.63. The average molecular weight is 405 g/mol. The van der Waals surface area contributed by atoms with Crippen LogP contribution in [0, 0.1) is 6.92 Å². The van der Waals surface area contributed by atoms with Crippen LogP contribution >= 0.6 is 31.9 Å². The van der Waals surface area contributed by atoms with E-state index in [2.05, 4.69) is 60.8 Å². The highest BCUT2D eigenvalue weighted by Gasteiger charge is 2.21. The van der Waals surface area contributed by atoms with Gasteiger partial charge in [0.1, 0.15) is 0 Å². The molecule has 1 unspecified atom stereocenters. The van der Waals surface area contributed by atoms with Gasteiger partial charge in [0.25, 0.3) is 0 Å². The Morgan fingerprint density at radius 1 is 1.40 bits per heavy atom. The predicted octanol–water partition coefficient (Wildman–Crippen LogP) is 4.22. The minimum Gasteiger partial charge on any atom is -0.457 e.